The maximum absolute atomic E-state index is 13.4. The van der Waals surface area contributed by atoms with E-state index in [1.807, 2.05) is 36.9 Å². The van der Waals surface area contributed by atoms with Gasteiger partial charge in [-0.15, -0.1) is 0 Å². The van der Waals surface area contributed by atoms with Gasteiger partial charge in [0, 0.05) is 50.5 Å². The van der Waals surface area contributed by atoms with Gasteiger partial charge < -0.3 is 14.4 Å². The van der Waals surface area contributed by atoms with Gasteiger partial charge in [-0.05, 0) is 56.1 Å². The van der Waals surface area contributed by atoms with Crippen LogP contribution in [0.25, 0.3) is 0 Å². The number of carbonyl (C=O) groups excluding carboxylic acids is 2. The van der Waals surface area contributed by atoms with Crippen LogP contribution in [-0.2, 0) is 18.3 Å². The summed E-state index contributed by atoms with van der Waals surface area (Å²) in [7, 11) is 1.98. The van der Waals surface area contributed by atoms with E-state index in [4.69, 9.17) is 0 Å². The third kappa shape index (κ3) is 3.24. The van der Waals surface area contributed by atoms with E-state index < -0.39 is 0 Å². The minimum absolute atomic E-state index is 0.150. The lowest BCUT2D eigenvalue weighted by Crippen LogP contribution is -2.66. The highest BCUT2D eigenvalue weighted by atomic mass is 16.2. The molecule has 30 heavy (non-hydrogen) atoms. The van der Waals surface area contributed by atoms with Crippen LogP contribution >= 0.6 is 0 Å². The van der Waals surface area contributed by atoms with Crippen molar-refractivity contribution in [3.63, 3.8) is 0 Å². The zero-order chi connectivity index (χ0) is 20.8. The third-order valence-corrected chi connectivity index (χ3v) is 7.69. The van der Waals surface area contributed by atoms with Gasteiger partial charge >= 0.3 is 0 Å². The summed E-state index contributed by atoms with van der Waals surface area (Å²) < 4.78 is 2.01. The standard InChI is InChI=1S/C25H31N3O2/c1-17-21(11-12-26(17)2)25(30)27-15-19-14-20(16-27)23(13-18-7-4-3-5-8-18)28-22(19)9-6-10-24(28)29/h3-5,7-8,11-12,19-20,22-23H,6,9-10,13-16H2,1-2H3/t19-,20+,22+,23+/m1/s1. The molecule has 0 radical (unpaired) electrons. The molecule has 0 unspecified atom stereocenters. The summed E-state index contributed by atoms with van der Waals surface area (Å²) >= 11 is 0. The lowest BCUT2D eigenvalue weighted by Gasteiger charge is -2.56. The van der Waals surface area contributed by atoms with Crippen LogP contribution in [0.1, 0.15) is 47.3 Å². The van der Waals surface area contributed by atoms with Gasteiger partial charge in [0.15, 0.2) is 0 Å². The fourth-order valence-electron chi connectivity index (χ4n) is 6.06. The van der Waals surface area contributed by atoms with Gasteiger partial charge in [-0.25, -0.2) is 0 Å². The second kappa shape index (κ2) is 7.60. The van der Waals surface area contributed by atoms with Gasteiger partial charge in [0.05, 0.1) is 5.56 Å². The minimum atomic E-state index is 0.150. The lowest BCUT2D eigenvalue weighted by molar-refractivity contribution is -0.151. The number of likely N-dealkylation sites (tertiary alicyclic amines) is 1. The fourth-order valence-corrected chi connectivity index (χ4v) is 6.06. The van der Waals surface area contributed by atoms with E-state index >= 15 is 0 Å². The first-order valence-corrected chi connectivity index (χ1v) is 11.3. The quantitative estimate of drug-likeness (QED) is 0.786. The molecule has 5 heteroatoms. The summed E-state index contributed by atoms with van der Waals surface area (Å²) in [6, 6.07) is 12.9. The van der Waals surface area contributed by atoms with Gasteiger partial charge in [-0.1, -0.05) is 30.3 Å². The Labute approximate surface area is 178 Å². The Balaban J connectivity index is 1.45. The molecule has 3 aliphatic rings. The molecule has 3 saturated heterocycles. The number of rotatable bonds is 3. The summed E-state index contributed by atoms with van der Waals surface area (Å²) in [5, 5.41) is 0. The first kappa shape index (κ1) is 19.4. The van der Waals surface area contributed by atoms with E-state index in [0.29, 0.717) is 24.2 Å². The van der Waals surface area contributed by atoms with Crippen molar-refractivity contribution in [2.24, 2.45) is 18.9 Å². The monoisotopic (exact) mass is 405 g/mol. The van der Waals surface area contributed by atoms with E-state index in [1.165, 1.54) is 5.56 Å². The van der Waals surface area contributed by atoms with Crippen LogP contribution in [0.5, 0.6) is 0 Å². The van der Waals surface area contributed by atoms with Crippen molar-refractivity contribution >= 4 is 11.8 Å². The Kier molecular flexibility index (Phi) is 4.92. The van der Waals surface area contributed by atoms with Crippen LogP contribution in [0.4, 0.5) is 0 Å². The maximum Gasteiger partial charge on any atom is 0.255 e. The SMILES string of the molecule is Cc1c(C(=O)N2C[C@H]3C[C@@H](C2)[C@H](Cc2ccccc2)N2C(=O)CCC[C@@H]32)ccn1C. The molecule has 4 heterocycles. The van der Waals surface area contributed by atoms with E-state index in [9.17, 15) is 9.59 Å². The van der Waals surface area contributed by atoms with Crippen molar-refractivity contribution in [2.75, 3.05) is 13.1 Å². The number of fused-ring (bicyclic) bond motifs is 4. The predicted molar refractivity (Wildman–Crippen MR) is 116 cm³/mol. The van der Waals surface area contributed by atoms with Gasteiger partial charge in [-0.2, -0.15) is 0 Å². The number of aryl methyl sites for hydroxylation is 1. The number of hydrogen-bond acceptors (Lipinski definition) is 2. The van der Waals surface area contributed by atoms with E-state index in [-0.39, 0.29) is 18.0 Å². The van der Waals surface area contributed by atoms with Crippen LogP contribution in [0.3, 0.4) is 0 Å². The topological polar surface area (TPSA) is 45.6 Å². The van der Waals surface area contributed by atoms with E-state index in [2.05, 4.69) is 34.1 Å². The van der Waals surface area contributed by atoms with Crippen molar-refractivity contribution < 1.29 is 9.59 Å². The number of carbonyl (C=O) groups is 2. The molecule has 0 aliphatic carbocycles. The molecule has 3 aliphatic heterocycles. The second-order valence-corrected chi connectivity index (χ2v) is 9.41. The highest BCUT2D eigenvalue weighted by Crippen LogP contribution is 2.43. The number of nitrogens with zero attached hydrogens (tertiary/aromatic N) is 3. The predicted octanol–water partition coefficient (Wildman–Crippen LogP) is 3.42. The zero-order valence-electron chi connectivity index (χ0n) is 18.0. The van der Waals surface area contributed by atoms with Crippen molar-refractivity contribution in [1.82, 2.24) is 14.4 Å². The van der Waals surface area contributed by atoms with Crippen molar-refractivity contribution in [3.8, 4) is 0 Å². The Hall–Kier alpha value is -2.56. The maximum atomic E-state index is 13.4. The molecule has 158 valence electrons. The number of aromatic nitrogens is 1. The fraction of sp³-hybridized carbons (Fsp3) is 0.520. The van der Waals surface area contributed by atoms with Crippen LogP contribution in [-0.4, -0.2) is 51.4 Å². The molecule has 0 saturated carbocycles. The molecule has 2 amide bonds. The minimum Gasteiger partial charge on any atom is -0.354 e. The average molecular weight is 406 g/mol. The first-order chi connectivity index (χ1) is 14.5. The summed E-state index contributed by atoms with van der Waals surface area (Å²) in [5.41, 5.74) is 3.11. The number of benzene rings is 1. The molecule has 4 atom stereocenters. The van der Waals surface area contributed by atoms with Crippen LogP contribution < -0.4 is 0 Å². The highest BCUT2D eigenvalue weighted by molar-refractivity contribution is 5.95. The molecule has 0 spiro atoms. The molecule has 2 bridgehead atoms. The third-order valence-electron chi connectivity index (χ3n) is 7.69. The van der Waals surface area contributed by atoms with Gasteiger partial charge in [0.1, 0.15) is 0 Å². The van der Waals surface area contributed by atoms with Gasteiger partial charge in [0.2, 0.25) is 5.91 Å². The first-order valence-electron chi connectivity index (χ1n) is 11.3. The second-order valence-electron chi connectivity index (χ2n) is 9.41. The van der Waals surface area contributed by atoms with Gasteiger partial charge in [-0.3, -0.25) is 9.59 Å². The lowest BCUT2D eigenvalue weighted by atomic mass is 9.70. The van der Waals surface area contributed by atoms with E-state index in [0.717, 1.165) is 50.0 Å². The van der Waals surface area contributed by atoms with Crippen molar-refractivity contribution in [1.29, 1.82) is 0 Å². The molecular formula is C25H31N3O2. The molecule has 1 aromatic carbocycles. The summed E-state index contributed by atoms with van der Waals surface area (Å²) in [6.45, 7) is 3.53. The molecule has 0 N–H and O–H groups in total. The molecule has 5 nitrogen and oxygen atoms in total. The Bertz CT molecular complexity index is 951. The highest BCUT2D eigenvalue weighted by Gasteiger charge is 2.50. The van der Waals surface area contributed by atoms with Crippen molar-refractivity contribution in [2.45, 2.75) is 51.1 Å². The molecule has 5 rings (SSSR count). The molecule has 1 aromatic heterocycles. The summed E-state index contributed by atoms with van der Waals surface area (Å²) in [5.74, 6) is 1.21. The smallest absolute Gasteiger partial charge is 0.255 e. The summed E-state index contributed by atoms with van der Waals surface area (Å²) in [4.78, 5) is 30.7. The molecular weight excluding hydrogens is 374 g/mol. The van der Waals surface area contributed by atoms with Crippen LogP contribution in [0, 0.1) is 18.8 Å². The van der Waals surface area contributed by atoms with Crippen LogP contribution in [0.15, 0.2) is 42.6 Å². The van der Waals surface area contributed by atoms with E-state index in [1.54, 1.807) is 0 Å². The number of hydrogen-bond donors (Lipinski definition) is 0. The van der Waals surface area contributed by atoms with Crippen LogP contribution in [0.2, 0.25) is 0 Å². The Morgan fingerprint density at radius 2 is 1.87 bits per heavy atom. The van der Waals surface area contributed by atoms with Crippen molar-refractivity contribution in [3.05, 3.63) is 59.4 Å². The number of piperidine rings is 3. The Morgan fingerprint density at radius 1 is 1.10 bits per heavy atom. The average Bonchev–Trinajstić information content (AvgIpc) is 3.10. The molecule has 2 aromatic rings. The van der Waals surface area contributed by atoms with Gasteiger partial charge in [0.25, 0.3) is 5.91 Å². The normalized spacial score (nSPS) is 28.4. The Morgan fingerprint density at radius 3 is 2.60 bits per heavy atom. The largest absolute Gasteiger partial charge is 0.354 e. The zero-order valence-corrected chi connectivity index (χ0v) is 18.0. The number of amides is 2. The summed E-state index contributed by atoms with van der Waals surface area (Å²) in [6.07, 6.45) is 6.70. The molecule has 3 fully saturated rings.